The Morgan fingerprint density at radius 3 is 2.86 bits per heavy atom. The van der Waals surface area contributed by atoms with E-state index < -0.39 is 0 Å². The van der Waals surface area contributed by atoms with Crippen LogP contribution in [0, 0.1) is 5.41 Å². The third-order valence-corrected chi connectivity index (χ3v) is 5.26. The second kappa shape index (κ2) is 6.93. The molecule has 4 heteroatoms. The minimum absolute atomic E-state index is 0.0365. The summed E-state index contributed by atoms with van der Waals surface area (Å²) in [6.07, 6.45) is 5.65. The quantitative estimate of drug-likeness (QED) is 0.853. The minimum atomic E-state index is -0.0365. The lowest BCUT2D eigenvalue weighted by Gasteiger charge is -2.45. The number of carbonyl (C=O) groups is 1. The van der Waals surface area contributed by atoms with Crippen molar-refractivity contribution in [2.24, 2.45) is 5.41 Å². The van der Waals surface area contributed by atoms with E-state index in [1.54, 1.807) is 0 Å². The molecular weight excluding hydrogens is 282 g/mol. The summed E-state index contributed by atoms with van der Waals surface area (Å²) in [6, 6.07) is 3.79. The van der Waals surface area contributed by atoms with Crippen molar-refractivity contribution < 1.29 is 9.53 Å². The third kappa shape index (κ3) is 4.55. The molecule has 3 nitrogen and oxygen atoms in total. The maximum atomic E-state index is 12.0. The molecule has 0 unspecified atom stereocenters. The molecule has 1 fully saturated rings. The van der Waals surface area contributed by atoms with E-state index >= 15 is 0 Å². The topological polar surface area (TPSA) is 38.3 Å². The van der Waals surface area contributed by atoms with Crippen molar-refractivity contribution in [3.63, 3.8) is 0 Å². The highest BCUT2D eigenvalue weighted by Crippen LogP contribution is 2.44. The smallest absolute Gasteiger partial charge is 0.261 e. The van der Waals surface area contributed by atoms with Crippen LogP contribution in [0.15, 0.2) is 17.5 Å². The molecule has 1 amide bonds. The Labute approximate surface area is 132 Å². The first-order chi connectivity index (χ1) is 9.96. The highest BCUT2D eigenvalue weighted by molar-refractivity contribution is 7.12. The maximum absolute atomic E-state index is 12.0. The minimum Gasteiger partial charge on any atom is -0.376 e. The van der Waals surface area contributed by atoms with Crippen molar-refractivity contribution in [1.82, 2.24) is 5.32 Å². The molecule has 1 N–H and O–H groups in total. The molecule has 1 aliphatic rings. The molecule has 0 aliphatic carbocycles. The number of hydrogen-bond donors (Lipinski definition) is 1. The van der Waals surface area contributed by atoms with Gasteiger partial charge in [-0.25, -0.2) is 0 Å². The average molecular weight is 309 g/mol. The molecule has 1 atom stereocenters. The Balaban J connectivity index is 1.89. The van der Waals surface area contributed by atoms with Crippen LogP contribution in [0.1, 0.15) is 62.5 Å². The maximum Gasteiger partial charge on any atom is 0.261 e. The van der Waals surface area contributed by atoms with Crippen LogP contribution in [0.4, 0.5) is 0 Å². The number of amides is 1. The van der Waals surface area contributed by atoms with Crippen molar-refractivity contribution in [1.29, 1.82) is 0 Å². The highest BCUT2D eigenvalue weighted by atomic mass is 32.1. The summed E-state index contributed by atoms with van der Waals surface area (Å²) in [5, 5.41) is 5.01. The molecule has 1 aromatic rings. The summed E-state index contributed by atoms with van der Waals surface area (Å²) in [6.45, 7) is 8.20. The fourth-order valence-electron chi connectivity index (χ4n) is 3.60. The zero-order valence-corrected chi connectivity index (χ0v) is 14.2. The molecule has 118 valence electrons. The van der Waals surface area contributed by atoms with Gasteiger partial charge in [0.1, 0.15) is 0 Å². The molecule has 1 saturated heterocycles. The molecule has 0 aromatic carbocycles. The predicted molar refractivity (Wildman–Crippen MR) is 87.9 cm³/mol. The Morgan fingerprint density at radius 1 is 1.43 bits per heavy atom. The van der Waals surface area contributed by atoms with Crippen LogP contribution < -0.4 is 5.32 Å². The monoisotopic (exact) mass is 309 g/mol. The van der Waals surface area contributed by atoms with Gasteiger partial charge in [-0.2, -0.15) is 0 Å². The van der Waals surface area contributed by atoms with Gasteiger partial charge < -0.3 is 10.1 Å². The average Bonchev–Trinajstić information content (AvgIpc) is 2.91. The van der Waals surface area contributed by atoms with E-state index in [0.717, 1.165) is 37.3 Å². The summed E-state index contributed by atoms with van der Waals surface area (Å²) in [7, 11) is 0. The predicted octanol–water partition coefficient (Wildman–Crippen LogP) is 4.24. The summed E-state index contributed by atoms with van der Waals surface area (Å²) >= 11 is 1.49. The van der Waals surface area contributed by atoms with Crippen LogP contribution in [0.2, 0.25) is 0 Å². The Kier molecular flexibility index (Phi) is 5.44. The van der Waals surface area contributed by atoms with E-state index in [0.29, 0.717) is 5.41 Å². The lowest BCUT2D eigenvalue weighted by atomic mass is 9.69. The molecule has 0 spiro atoms. The van der Waals surface area contributed by atoms with Crippen molar-refractivity contribution in [3.05, 3.63) is 22.4 Å². The largest absolute Gasteiger partial charge is 0.376 e. The molecule has 1 aliphatic heterocycles. The fourth-order valence-corrected chi connectivity index (χ4v) is 4.24. The van der Waals surface area contributed by atoms with Crippen molar-refractivity contribution >= 4 is 17.2 Å². The van der Waals surface area contributed by atoms with Gasteiger partial charge in [0, 0.05) is 13.2 Å². The van der Waals surface area contributed by atoms with E-state index in [1.807, 2.05) is 17.5 Å². The van der Waals surface area contributed by atoms with Crippen LogP contribution in [0.5, 0.6) is 0 Å². The van der Waals surface area contributed by atoms with Gasteiger partial charge in [-0.3, -0.25) is 4.79 Å². The molecule has 1 aromatic heterocycles. The van der Waals surface area contributed by atoms with Gasteiger partial charge in [-0.15, -0.1) is 11.3 Å². The SMILES string of the molecule is CCC[C@@]1(CCNC(=O)c2cccs2)CCOC(C)(C)C1. The third-order valence-electron chi connectivity index (χ3n) is 4.39. The van der Waals surface area contributed by atoms with Gasteiger partial charge in [-0.1, -0.05) is 19.4 Å². The molecule has 0 saturated carbocycles. The second-order valence-electron chi connectivity index (χ2n) is 6.77. The molecular formula is C17H27NO2S. The van der Waals surface area contributed by atoms with Gasteiger partial charge in [0.05, 0.1) is 10.5 Å². The number of nitrogens with one attached hydrogen (secondary N) is 1. The van der Waals surface area contributed by atoms with Gasteiger partial charge in [0.2, 0.25) is 0 Å². The van der Waals surface area contributed by atoms with Crippen LogP contribution in [-0.2, 0) is 4.74 Å². The summed E-state index contributed by atoms with van der Waals surface area (Å²) in [4.78, 5) is 12.8. The van der Waals surface area contributed by atoms with E-state index in [2.05, 4.69) is 26.1 Å². The first kappa shape index (κ1) is 16.5. The lowest BCUT2D eigenvalue weighted by Crippen LogP contribution is -2.43. The number of thiophene rings is 1. The number of rotatable bonds is 6. The Hall–Kier alpha value is -0.870. The van der Waals surface area contributed by atoms with Gasteiger partial charge in [0.25, 0.3) is 5.91 Å². The van der Waals surface area contributed by atoms with Crippen molar-refractivity contribution in [2.45, 2.75) is 58.5 Å². The number of carbonyl (C=O) groups excluding carboxylic acids is 1. The molecule has 0 bridgehead atoms. The first-order valence-electron chi connectivity index (χ1n) is 7.92. The molecule has 2 rings (SSSR count). The lowest BCUT2D eigenvalue weighted by molar-refractivity contribution is -0.109. The zero-order valence-electron chi connectivity index (χ0n) is 13.4. The number of ether oxygens (including phenoxy) is 1. The normalized spacial score (nSPS) is 24.7. The first-order valence-corrected chi connectivity index (χ1v) is 8.80. The van der Waals surface area contributed by atoms with Gasteiger partial charge in [0.15, 0.2) is 0 Å². The van der Waals surface area contributed by atoms with Crippen molar-refractivity contribution in [3.8, 4) is 0 Å². The van der Waals surface area contributed by atoms with Crippen LogP contribution >= 0.6 is 11.3 Å². The number of hydrogen-bond acceptors (Lipinski definition) is 3. The second-order valence-corrected chi connectivity index (χ2v) is 7.72. The Morgan fingerprint density at radius 2 is 2.24 bits per heavy atom. The summed E-state index contributed by atoms with van der Waals surface area (Å²) in [5.41, 5.74) is 0.282. The van der Waals surface area contributed by atoms with Crippen LogP contribution in [-0.4, -0.2) is 24.7 Å². The van der Waals surface area contributed by atoms with Gasteiger partial charge >= 0.3 is 0 Å². The molecule has 0 radical (unpaired) electrons. The highest BCUT2D eigenvalue weighted by Gasteiger charge is 2.39. The van der Waals surface area contributed by atoms with E-state index in [4.69, 9.17) is 4.74 Å². The van der Waals surface area contributed by atoms with Crippen molar-refractivity contribution in [2.75, 3.05) is 13.2 Å². The van der Waals surface area contributed by atoms with Crippen LogP contribution in [0.3, 0.4) is 0 Å². The summed E-state index contributed by atoms with van der Waals surface area (Å²) in [5.74, 6) is 0.0583. The fraction of sp³-hybridized carbons (Fsp3) is 0.706. The summed E-state index contributed by atoms with van der Waals surface area (Å²) < 4.78 is 5.87. The van der Waals surface area contributed by atoms with E-state index in [1.165, 1.54) is 24.2 Å². The van der Waals surface area contributed by atoms with Gasteiger partial charge in [-0.05, 0) is 56.4 Å². The molecule has 2 heterocycles. The van der Waals surface area contributed by atoms with E-state index in [9.17, 15) is 4.79 Å². The van der Waals surface area contributed by atoms with Crippen LogP contribution in [0.25, 0.3) is 0 Å². The van der Waals surface area contributed by atoms with E-state index in [-0.39, 0.29) is 11.5 Å². The zero-order chi connectivity index (χ0) is 15.3. The molecule has 21 heavy (non-hydrogen) atoms. The Bertz CT molecular complexity index is 451. The standard InChI is InChI=1S/C17H27NO2S/c1-4-7-17(9-11-20-16(2,3)13-17)8-10-18-15(19)14-6-5-12-21-14/h5-6,12H,4,7-11,13H2,1-3H3,(H,18,19)/t17-/m1/s1.